The number of aromatic nitrogens is 1. The summed E-state index contributed by atoms with van der Waals surface area (Å²) in [5.41, 5.74) is 11.1. The summed E-state index contributed by atoms with van der Waals surface area (Å²) in [6.45, 7) is 9.21. The lowest BCUT2D eigenvalue weighted by Crippen LogP contribution is -2.09. The highest BCUT2D eigenvalue weighted by atomic mass is 16.5. The number of H-pyrrole nitrogens is 1. The molecule has 0 aliphatic carbocycles. The fraction of sp³-hybridized carbons (Fsp3) is 0.217. The minimum Gasteiger partial charge on any atom is -0.488 e. The molecular weight excluding hydrogens is 306 g/mol. The number of aryl methyl sites for hydroxylation is 2. The van der Waals surface area contributed by atoms with Gasteiger partial charge in [-0.1, -0.05) is 29.8 Å². The van der Waals surface area contributed by atoms with Gasteiger partial charge in [0.25, 0.3) is 0 Å². The molecule has 2 aromatic carbocycles. The lowest BCUT2D eigenvalue weighted by molar-refractivity contribution is 0.364. The quantitative estimate of drug-likeness (QED) is 0.627. The molecule has 0 bridgehead atoms. The summed E-state index contributed by atoms with van der Waals surface area (Å²) in [5.74, 6) is 0.995. The van der Waals surface area contributed by atoms with Gasteiger partial charge in [0, 0.05) is 22.5 Å². The highest BCUT2D eigenvalue weighted by molar-refractivity contribution is 5.86. The number of hydrogen-bond donors (Lipinski definition) is 1. The van der Waals surface area contributed by atoms with Gasteiger partial charge in [0.2, 0.25) is 0 Å². The summed E-state index contributed by atoms with van der Waals surface area (Å²) in [6.07, 6.45) is 2.27. The van der Waals surface area contributed by atoms with E-state index in [0.717, 1.165) is 17.1 Å². The molecule has 1 aliphatic rings. The second-order valence-electron chi connectivity index (χ2n) is 6.97. The Morgan fingerprint density at radius 3 is 2.32 bits per heavy atom. The first-order valence-electron chi connectivity index (χ1n) is 8.73. The molecule has 0 saturated carbocycles. The van der Waals surface area contributed by atoms with Crippen LogP contribution in [0.5, 0.6) is 5.75 Å². The van der Waals surface area contributed by atoms with Crippen molar-refractivity contribution in [2.24, 2.45) is 0 Å². The Balaban J connectivity index is 1.72. The van der Waals surface area contributed by atoms with Gasteiger partial charge in [-0.25, -0.2) is 0 Å². The van der Waals surface area contributed by atoms with Crippen molar-refractivity contribution in [1.82, 2.24) is 4.98 Å². The third kappa shape index (κ3) is 2.78. The summed E-state index contributed by atoms with van der Waals surface area (Å²) in [7, 11) is 0. The van der Waals surface area contributed by atoms with Crippen molar-refractivity contribution in [3.05, 3.63) is 76.0 Å². The van der Waals surface area contributed by atoms with Crippen LogP contribution >= 0.6 is 0 Å². The van der Waals surface area contributed by atoms with Gasteiger partial charge >= 0.3 is 0 Å². The van der Waals surface area contributed by atoms with Gasteiger partial charge in [-0.2, -0.15) is 0 Å². The predicted octanol–water partition coefficient (Wildman–Crippen LogP) is 5.85. The maximum Gasteiger partial charge on any atom is 0.127 e. The van der Waals surface area contributed by atoms with Gasteiger partial charge < -0.3 is 9.72 Å². The number of ether oxygens (including phenoxy) is 1. The molecule has 4 rings (SSSR count). The van der Waals surface area contributed by atoms with Crippen LogP contribution in [0.2, 0.25) is 0 Å². The van der Waals surface area contributed by atoms with Gasteiger partial charge in [0.05, 0.1) is 0 Å². The molecule has 2 nitrogen and oxygen atoms in total. The zero-order valence-electron chi connectivity index (χ0n) is 15.2. The monoisotopic (exact) mass is 329 g/mol. The number of hydrogen-bond acceptors (Lipinski definition) is 1. The zero-order valence-corrected chi connectivity index (χ0v) is 15.2. The van der Waals surface area contributed by atoms with Gasteiger partial charge in [-0.05, 0) is 74.2 Å². The molecule has 3 aromatic rings. The molecule has 2 heteroatoms. The van der Waals surface area contributed by atoms with Crippen LogP contribution in [0.15, 0.2) is 42.5 Å². The van der Waals surface area contributed by atoms with Gasteiger partial charge in [0.15, 0.2) is 0 Å². The number of aromatic amines is 1. The van der Waals surface area contributed by atoms with Crippen LogP contribution in [0.4, 0.5) is 0 Å². The van der Waals surface area contributed by atoms with Crippen LogP contribution in [0, 0.1) is 27.7 Å². The molecule has 1 aliphatic heterocycles. The van der Waals surface area contributed by atoms with Crippen molar-refractivity contribution in [2.75, 3.05) is 6.61 Å². The van der Waals surface area contributed by atoms with E-state index in [1.54, 1.807) is 0 Å². The van der Waals surface area contributed by atoms with E-state index < -0.39 is 0 Å². The van der Waals surface area contributed by atoms with Crippen molar-refractivity contribution < 1.29 is 4.74 Å². The summed E-state index contributed by atoms with van der Waals surface area (Å²) in [4.78, 5) is 3.55. The fourth-order valence-electron chi connectivity index (χ4n) is 3.37. The van der Waals surface area contributed by atoms with E-state index in [0.29, 0.717) is 6.61 Å². The Morgan fingerprint density at radius 2 is 1.56 bits per heavy atom. The van der Waals surface area contributed by atoms with E-state index in [2.05, 4.69) is 81.2 Å². The van der Waals surface area contributed by atoms with Crippen molar-refractivity contribution in [3.8, 4) is 17.0 Å². The average molecular weight is 329 g/mol. The molecule has 0 fully saturated rings. The van der Waals surface area contributed by atoms with Crippen LogP contribution in [0.25, 0.3) is 22.9 Å². The molecular formula is C23H23NO. The van der Waals surface area contributed by atoms with Crippen molar-refractivity contribution in [1.29, 1.82) is 0 Å². The molecule has 0 atom stereocenters. The molecule has 1 N–H and O–H groups in total. The zero-order chi connectivity index (χ0) is 17.6. The fourth-order valence-corrected chi connectivity index (χ4v) is 3.37. The first kappa shape index (κ1) is 15.8. The van der Waals surface area contributed by atoms with E-state index in [4.69, 9.17) is 4.74 Å². The molecule has 2 heterocycles. The van der Waals surface area contributed by atoms with Gasteiger partial charge in [-0.3, -0.25) is 0 Å². The number of fused-ring (bicyclic) bond motifs is 1. The van der Waals surface area contributed by atoms with Crippen LogP contribution in [-0.2, 0) is 0 Å². The Labute approximate surface area is 149 Å². The summed E-state index contributed by atoms with van der Waals surface area (Å²) in [5, 5.41) is 0. The van der Waals surface area contributed by atoms with E-state index >= 15 is 0 Å². The lowest BCUT2D eigenvalue weighted by atomic mass is 9.94. The topological polar surface area (TPSA) is 25.0 Å². The summed E-state index contributed by atoms with van der Waals surface area (Å²) < 4.78 is 6.05. The largest absolute Gasteiger partial charge is 0.488 e. The number of nitrogens with one attached hydrogen (secondary N) is 1. The second-order valence-corrected chi connectivity index (χ2v) is 6.97. The molecule has 0 spiro atoms. The minimum absolute atomic E-state index is 0.600. The Hall–Kier alpha value is -2.74. The van der Waals surface area contributed by atoms with E-state index in [1.165, 1.54) is 39.0 Å². The van der Waals surface area contributed by atoms with Gasteiger partial charge in [0.1, 0.15) is 12.4 Å². The lowest BCUT2D eigenvalue weighted by Gasteiger charge is -2.21. The first-order chi connectivity index (χ1) is 12.0. The standard InChI is InChI=1S/C23H23NO/c1-14-5-7-18(8-6-14)21-9-10-22(24-21)19-12-20-17(4)16(3)15(2)11-23(20)25-13-19/h5-12,24H,13H2,1-4H3. The van der Waals surface area contributed by atoms with Crippen LogP contribution in [-0.4, -0.2) is 11.6 Å². The van der Waals surface area contributed by atoms with Crippen LogP contribution in [0.3, 0.4) is 0 Å². The van der Waals surface area contributed by atoms with Crippen molar-refractivity contribution in [3.63, 3.8) is 0 Å². The number of benzene rings is 2. The average Bonchev–Trinajstić information content (AvgIpc) is 3.10. The Bertz CT molecular complexity index is 974. The molecule has 126 valence electrons. The molecule has 0 unspecified atom stereocenters. The van der Waals surface area contributed by atoms with Crippen molar-refractivity contribution >= 4 is 11.6 Å². The van der Waals surface area contributed by atoms with Crippen LogP contribution in [0.1, 0.15) is 33.5 Å². The van der Waals surface area contributed by atoms with E-state index in [9.17, 15) is 0 Å². The SMILES string of the molecule is Cc1ccc(-c2ccc(C3=Cc4c(cc(C)c(C)c4C)OC3)[nH]2)cc1. The predicted molar refractivity (Wildman–Crippen MR) is 105 cm³/mol. The van der Waals surface area contributed by atoms with Crippen LogP contribution < -0.4 is 4.74 Å². The van der Waals surface area contributed by atoms with Crippen molar-refractivity contribution in [2.45, 2.75) is 27.7 Å². The summed E-state index contributed by atoms with van der Waals surface area (Å²) in [6, 6.07) is 15.0. The first-order valence-corrected chi connectivity index (χ1v) is 8.73. The molecule has 0 saturated heterocycles. The van der Waals surface area contributed by atoms with E-state index in [1.807, 2.05) is 0 Å². The maximum atomic E-state index is 6.05. The third-order valence-electron chi connectivity index (χ3n) is 5.27. The Kier molecular flexibility index (Phi) is 3.76. The normalized spacial score (nSPS) is 13.2. The molecule has 0 radical (unpaired) electrons. The summed E-state index contributed by atoms with van der Waals surface area (Å²) >= 11 is 0. The smallest absolute Gasteiger partial charge is 0.127 e. The second kappa shape index (κ2) is 5.96. The molecule has 0 amide bonds. The molecule has 1 aromatic heterocycles. The molecule has 25 heavy (non-hydrogen) atoms. The highest BCUT2D eigenvalue weighted by Crippen LogP contribution is 2.35. The third-order valence-corrected chi connectivity index (χ3v) is 5.27. The maximum absolute atomic E-state index is 6.05. The van der Waals surface area contributed by atoms with E-state index in [-0.39, 0.29) is 0 Å². The Morgan fingerprint density at radius 1 is 0.840 bits per heavy atom. The highest BCUT2D eigenvalue weighted by Gasteiger charge is 2.18. The van der Waals surface area contributed by atoms with Gasteiger partial charge in [-0.15, -0.1) is 0 Å². The minimum atomic E-state index is 0.600. The number of rotatable bonds is 2.